The molecule has 1 aromatic rings. The van der Waals surface area contributed by atoms with Crippen molar-refractivity contribution in [1.29, 1.82) is 0 Å². The highest BCUT2D eigenvalue weighted by atomic mass is 35.5. The van der Waals surface area contributed by atoms with Gasteiger partial charge in [-0.3, -0.25) is 0 Å². The average Bonchev–Trinajstić information content (AvgIpc) is 2.71. The number of rotatable bonds is 3. The predicted molar refractivity (Wildman–Crippen MR) is 76.4 cm³/mol. The fourth-order valence-corrected chi connectivity index (χ4v) is 2.75. The molecule has 2 unspecified atom stereocenters. The minimum atomic E-state index is -0.256. The van der Waals surface area contributed by atoms with E-state index in [-0.39, 0.29) is 24.1 Å². The molecule has 0 radical (unpaired) electrons. The molecule has 0 bridgehead atoms. The lowest BCUT2D eigenvalue weighted by Gasteiger charge is -2.30. The smallest absolute Gasteiger partial charge is 0.319 e. The van der Waals surface area contributed by atoms with Crippen LogP contribution in [0.5, 0.6) is 0 Å². The summed E-state index contributed by atoms with van der Waals surface area (Å²) in [5, 5.41) is 15.7. The van der Waals surface area contributed by atoms with Crippen LogP contribution in [0.1, 0.15) is 26.2 Å². The summed E-state index contributed by atoms with van der Waals surface area (Å²) in [5.41, 5.74) is 0.444. The maximum absolute atomic E-state index is 11.9. The van der Waals surface area contributed by atoms with E-state index in [0.717, 1.165) is 19.3 Å². The number of nitrogens with one attached hydrogen (secondary N) is 2. The number of amides is 2. The lowest BCUT2D eigenvalue weighted by Crippen LogP contribution is -2.46. The van der Waals surface area contributed by atoms with Gasteiger partial charge in [0.15, 0.2) is 0 Å². The van der Waals surface area contributed by atoms with Gasteiger partial charge in [-0.05, 0) is 31.0 Å². The molecule has 5 heteroatoms. The zero-order chi connectivity index (χ0) is 13.9. The lowest BCUT2D eigenvalue weighted by atomic mass is 9.86. The van der Waals surface area contributed by atoms with E-state index in [1.807, 2.05) is 6.92 Å². The molecule has 1 fully saturated rings. The van der Waals surface area contributed by atoms with Crippen molar-refractivity contribution in [2.75, 3.05) is 11.9 Å². The number of aliphatic hydroxyl groups excluding tert-OH is 1. The van der Waals surface area contributed by atoms with Crippen LogP contribution >= 0.6 is 11.6 Å². The summed E-state index contributed by atoms with van der Waals surface area (Å²) in [7, 11) is 0. The number of aliphatic hydroxyl groups is 1. The molecular weight excluding hydrogens is 264 g/mol. The van der Waals surface area contributed by atoms with Gasteiger partial charge in [-0.25, -0.2) is 4.79 Å². The van der Waals surface area contributed by atoms with Crippen molar-refractivity contribution in [3.05, 3.63) is 29.3 Å². The zero-order valence-corrected chi connectivity index (χ0v) is 11.7. The molecule has 2 atom stereocenters. The van der Waals surface area contributed by atoms with Gasteiger partial charge in [0.1, 0.15) is 0 Å². The molecule has 2 amide bonds. The topological polar surface area (TPSA) is 61.4 Å². The fourth-order valence-electron chi connectivity index (χ4n) is 2.56. The molecule has 1 aliphatic rings. The molecule has 0 aromatic heterocycles. The molecule has 1 aliphatic carbocycles. The number of hydrogen-bond acceptors (Lipinski definition) is 2. The summed E-state index contributed by atoms with van der Waals surface area (Å²) in [5.74, 6) is 0. The molecule has 104 valence electrons. The molecule has 0 spiro atoms. The number of carbonyl (C=O) groups is 1. The molecule has 4 nitrogen and oxygen atoms in total. The Bertz CT molecular complexity index is 467. The molecule has 0 aliphatic heterocycles. The van der Waals surface area contributed by atoms with Gasteiger partial charge in [0, 0.05) is 22.2 Å². The summed E-state index contributed by atoms with van der Waals surface area (Å²) in [6.07, 6.45) is 2.87. The maximum Gasteiger partial charge on any atom is 0.319 e. The van der Waals surface area contributed by atoms with Gasteiger partial charge < -0.3 is 15.7 Å². The van der Waals surface area contributed by atoms with E-state index in [2.05, 4.69) is 10.6 Å². The highest BCUT2D eigenvalue weighted by Gasteiger charge is 2.39. The third kappa shape index (κ3) is 3.39. The summed E-state index contributed by atoms with van der Waals surface area (Å²) in [4.78, 5) is 11.9. The van der Waals surface area contributed by atoms with Gasteiger partial charge in [-0.2, -0.15) is 0 Å². The van der Waals surface area contributed by atoms with Gasteiger partial charge in [-0.15, -0.1) is 0 Å². The molecule has 0 saturated heterocycles. The zero-order valence-electron chi connectivity index (χ0n) is 10.9. The monoisotopic (exact) mass is 282 g/mol. The Morgan fingerprint density at radius 3 is 3.05 bits per heavy atom. The van der Waals surface area contributed by atoms with E-state index < -0.39 is 0 Å². The number of hydrogen-bond donors (Lipinski definition) is 3. The standard InChI is InChI=1S/C14H19ClN2O2/c1-14(9-18)7-3-6-12(14)17-13(19)16-11-5-2-4-10(15)8-11/h2,4-5,8,12,18H,3,6-7,9H2,1H3,(H2,16,17,19). The van der Waals surface area contributed by atoms with Crippen molar-refractivity contribution in [2.45, 2.75) is 32.2 Å². The van der Waals surface area contributed by atoms with Crippen molar-refractivity contribution in [2.24, 2.45) is 5.41 Å². The van der Waals surface area contributed by atoms with E-state index in [9.17, 15) is 9.90 Å². The first-order chi connectivity index (χ1) is 9.03. The highest BCUT2D eigenvalue weighted by Crippen LogP contribution is 2.37. The molecule has 0 heterocycles. The normalized spacial score (nSPS) is 26.2. The van der Waals surface area contributed by atoms with Crippen LogP contribution in [0.4, 0.5) is 10.5 Å². The first kappa shape index (κ1) is 14.2. The lowest BCUT2D eigenvalue weighted by molar-refractivity contribution is 0.122. The highest BCUT2D eigenvalue weighted by molar-refractivity contribution is 6.30. The number of carbonyl (C=O) groups excluding carboxylic acids is 1. The first-order valence-corrected chi connectivity index (χ1v) is 6.85. The average molecular weight is 283 g/mol. The number of anilines is 1. The van der Waals surface area contributed by atoms with Crippen LogP contribution < -0.4 is 10.6 Å². The number of urea groups is 1. The van der Waals surface area contributed by atoms with Crippen LogP contribution in [0.2, 0.25) is 5.02 Å². The number of benzene rings is 1. The van der Waals surface area contributed by atoms with Crippen LogP contribution in [0.15, 0.2) is 24.3 Å². The quantitative estimate of drug-likeness (QED) is 0.798. The SMILES string of the molecule is CC1(CO)CCCC1NC(=O)Nc1cccc(Cl)c1. The van der Waals surface area contributed by atoms with Crippen molar-refractivity contribution in [3.8, 4) is 0 Å². The summed E-state index contributed by atoms with van der Waals surface area (Å²) in [6, 6.07) is 6.77. The Kier molecular flexibility index (Phi) is 4.32. The van der Waals surface area contributed by atoms with Crippen molar-refractivity contribution in [1.82, 2.24) is 5.32 Å². The Balaban J connectivity index is 1.95. The second-order valence-electron chi connectivity index (χ2n) is 5.37. The summed E-state index contributed by atoms with van der Waals surface area (Å²) >= 11 is 5.86. The molecular formula is C14H19ClN2O2. The van der Waals surface area contributed by atoms with E-state index >= 15 is 0 Å². The number of halogens is 1. The second-order valence-corrected chi connectivity index (χ2v) is 5.80. The van der Waals surface area contributed by atoms with Crippen molar-refractivity contribution in [3.63, 3.8) is 0 Å². The van der Waals surface area contributed by atoms with Crippen molar-refractivity contribution >= 4 is 23.3 Å². The molecule has 1 saturated carbocycles. The van der Waals surface area contributed by atoms with Gasteiger partial charge >= 0.3 is 6.03 Å². The van der Waals surface area contributed by atoms with E-state index in [0.29, 0.717) is 10.7 Å². The molecule has 19 heavy (non-hydrogen) atoms. The predicted octanol–water partition coefficient (Wildman–Crippen LogP) is 3.01. The Labute approximate surface area is 118 Å². The maximum atomic E-state index is 11.9. The molecule has 1 aromatic carbocycles. The minimum absolute atomic E-state index is 0.0108. The van der Waals surface area contributed by atoms with E-state index in [1.54, 1.807) is 24.3 Å². The first-order valence-electron chi connectivity index (χ1n) is 6.47. The van der Waals surface area contributed by atoms with Gasteiger partial charge in [-0.1, -0.05) is 31.0 Å². The fraction of sp³-hybridized carbons (Fsp3) is 0.500. The second kappa shape index (κ2) is 5.80. The van der Waals surface area contributed by atoms with Crippen LogP contribution in [0, 0.1) is 5.41 Å². The summed E-state index contributed by atoms with van der Waals surface area (Å²) < 4.78 is 0. The Hall–Kier alpha value is -1.26. The van der Waals surface area contributed by atoms with Crippen LogP contribution in [-0.4, -0.2) is 23.8 Å². The molecule has 3 N–H and O–H groups in total. The van der Waals surface area contributed by atoms with Crippen LogP contribution in [0.3, 0.4) is 0 Å². The van der Waals surface area contributed by atoms with Gasteiger partial charge in [0.05, 0.1) is 6.61 Å². The third-order valence-electron chi connectivity index (χ3n) is 3.83. The van der Waals surface area contributed by atoms with Gasteiger partial charge in [0.25, 0.3) is 0 Å². The van der Waals surface area contributed by atoms with E-state index in [1.165, 1.54) is 0 Å². The molecule has 2 rings (SSSR count). The van der Waals surface area contributed by atoms with Gasteiger partial charge in [0.2, 0.25) is 0 Å². The largest absolute Gasteiger partial charge is 0.396 e. The van der Waals surface area contributed by atoms with E-state index in [4.69, 9.17) is 11.6 Å². The Morgan fingerprint density at radius 1 is 1.58 bits per heavy atom. The summed E-state index contributed by atoms with van der Waals surface area (Å²) in [6.45, 7) is 2.10. The van der Waals surface area contributed by atoms with Crippen LogP contribution in [0.25, 0.3) is 0 Å². The van der Waals surface area contributed by atoms with Crippen molar-refractivity contribution < 1.29 is 9.90 Å². The minimum Gasteiger partial charge on any atom is -0.396 e. The van der Waals surface area contributed by atoms with Crippen LogP contribution in [-0.2, 0) is 0 Å². The third-order valence-corrected chi connectivity index (χ3v) is 4.07. The Morgan fingerprint density at radius 2 is 2.37 bits per heavy atom.